The van der Waals surface area contributed by atoms with E-state index < -0.39 is 0 Å². The van der Waals surface area contributed by atoms with E-state index in [1.807, 2.05) is 18.2 Å². The Hall–Kier alpha value is -1.26. The molecule has 0 bridgehead atoms. The zero-order chi connectivity index (χ0) is 12.8. The highest BCUT2D eigenvalue weighted by Crippen LogP contribution is 2.23. The summed E-state index contributed by atoms with van der Waals surface area (Å²) in [6.07, 6.45) is 1.16. The molecule has 0 aliphatic carbocycles. The lowest BCUT2D eigenvalue weighted by atomic mass is 10.1. The van der Waals surface area contributed by atoms with E-state index in [2.05, 4.69) is 5.32 Å². The molecule has 0 spiro atoms. The van der Waals surface area contributed by atoms with E-state index >= 15 is 0 Å². The zero-order valence-electron chi connectivity index (χ0n) is 11.1. The van der Waals surface area contributed by atoms with Gasteiger partial charge in [0.25, 0.3) is 0 Å². The molecule has 0 amide bonds. The van der Waals surface area contributed by atoms with Gasteiger partial charge in [0, 0.05) is 25.3 Å². The molecule has 4 heteroatoms. The van der Waals surface area contributed by atoms with Gasteiger partial charge < -0.3 is 19.5 Å². The van der Waals surface area contributed by atoms with Gasteiger partial charge in [0.1, 0.15) is 11.5 Å². The summed E-state index contributed by atoms with van der Waals surface area (Å²) in [5, 5.41) is 3.45. The van der Waals surface area contributed by atoms with E-state index in [-0.39, 0.29) is 0 Å². The largest absolute Gasteiger partial charge is 0.497 e. The molecule has 4 nitrogen and oxygen atoms in total. The number of hydrogen-bond acceptors (Lipinski definition) is 4. The summed E-state index contributed by atoms with van der Waals surface area (Å²) < 4.78 is 15.9. The van der Waals surface area contributed by atoms with Gasteiger partial charge in [-0.15, -0.1) is 0 Å². The molecule has 1 aromatic rings. The predicted molar refractivity (Wildman–Crippen MR) is 70.2 cm³/mol. The maximum absolute atomic E-state index is 5.36. The van der Waals surface area contributed by atoms with Gasteiger partial charge in [-0.25, -0.2) is 0 Å². The zero-order valence-corrected chi connectivity index (χ0v) is 11.1. The average molecular weight is 251 g/mol. The van der Waals surface area contributed by atoms with E-state index in [1.165, 1.54) is 0 Å². The van der Waals surface area contributed by atoms with Gasteiger partial charge in [-0.3, -0.25) is 0 Å². The summed E-state index contributed by atoms with van der Waals surface area (Å²) in [6.45, 7) is 3.55. The molecule has 1 aliphatic heterocycles. The third-order valence-electron chi connectivity index (χ3n) is 3.26. The number of nitrogens with one attached hydrogen (secondary N) is 1. The SMILES string of the molecule is COc1ccc(OC)c(CNCC2CCOC2)c1. The molecule has 0 aromatic heterocycles. The average Bonchev–Trinajstić information content (AvgIpc) is 2.92. The minimum atomic E-state index is 0.640. The summed E-state index contributed by atoms with van der Waals surface area (Å²) in [7, 11) is 3.37. The van der Waals surface area contributed by atoms with Crippen LogP contribution in [0.15, 0.2) is 18.2 Å². The fourth-order valence-electron chi connectivity index (χ4n) is 2.18. The van der Waals surface area contributed by atoms with E-state index in [9.17, 15) is 0 Å². The van der Waals surface area contributed by atoms with Crippen molar-refractivity contribution in [1.29, 1.82) is 0 Å². The van der Waals surface area contributed by atoms with Gasteiger partial charge in [0.15, 0.2) is 0 Å². The van der Waals surface area contributed by atoms with Crippen LogP contribution in [0.4, 0.5) is 0 Å². The van der Waals surface area contributed by atoms with Crippen molar-refractivity contribution < 1.29 is 14.2 Å². The van der Waals surface area contributed by atoms with Crippen LogP contribution in [0.3, 0.4) is 0 Å². The lowest BCUT2D eigenvalue weighted by Gasteiger charge is -2.13. The minimum Gasteiger partial charge on any atom is -0.497 e. The molecule has 1 atom stereocenters. The Morgan fingerprint density at radius 1 is 1.33 bits per heavy atom. The summed E-state index contributed by atoms with van der Waals surface area (Å²) in [6, 6.07) is 5.86. The fourth-order valence-corrected chi connectivity index (χ4v) is 2.18. The van der Waals surface area contributed by atoms with E-state index in [0.717, 1.165) is 49.8 Å². The topological polar surface area (TPSA) is 39.7 Å². The monoisotopic (exact) mass is 251 g/mol. The van der Waals surface area contributed by atoms with Gasteiger partial charge in [0.05, 0.1) is 20.8 Å². The van der Waals surface area contributed by atoms with Crippen LogP contribution in [0.25, 0.3) is 0 Å². The van der Waals surface area contributed by atoms with Crippen molar-refractivity contribution in [2.24, 2.45) is 5.92 Å². The summed E-state index contributed by atoms with van der Waals surface area (Å²) in [4.78, 5) is 0. The Morgan fingerprint density at radius 3 is 2.89 bits per heavy atom. The molecule has 100 valence electrons. The second kappa shape index (κ2) is 6.61. The van der Waals surface area contributed by atoms with Crippen molar-refractivity contribution in [2.45, 2.75) is 13.0 Å². The number of hydrogen-bond donors (Lipinski definition) is 1. The fraction of sp³-hybridized carbons (Fsp3) is 0.571. The predicted octanol–water partition coefficient (Wildman–Crippen LogP) is 1.83. The molecular formula is C14H21NO3. The van der Waals surface area contributed by atoms with Crippen LogP contribution >= 0.6 is 0 Å². The first-order chi connectivity index (χ1) is 8.83. The van der Waals surface area contributed by atoms with Crippen molar-refractivity contribution in [1.82, 2.24) is 5.32 Å². The normalized spacial score (nSPS) is 18.9. The highest BCUT2D eigenvalue weighted by molar-refractivity contribution is 5.40. The van der Waals surface area contributed by atoms with E-state index in [1.54, 1.807) is 14.2 Å². The van der Waals surface area contributed by atoms with Gasteiger partial charge in [-0.1, -0.05) is 0 Å². The Balaban J connectivity index is 1.89. The Labute approximate surface area is 108 Å². The van der Waals surface area contributed by atoms with Crippen LogP contribution in [0.2, 0.25) is 0 Å². The van der Waals surface area contributed by atoms with Crippen LogP contribution in [0, 0.1) is 5.92 Å². The molecule has 0 saturated carbocycles. The third kappa shape index (κ3) is 3.37. The van der Waals surface area contributed by atoms with Crippen molar-refractivity contribution in [2.75, 3.05) is 34.0 Å². The first kappa shape index (κ1) is 13.2. The van der Waals surface area contributed by atoms with Crippen LogP contribution in [0.1, 0.15) is 12.0 Å². The van der Waals surface area contributed by atoms with Crippen LogP contribution < -0.4 is 14.8 Å². The van der Waals surface area contributed by atoms with Crippen molar-refractivity contribution in [3.05, 3.63) is 23.8 Å². The quantitative estimate of drug-likeness (QED) is 0.837. The number of benzene rings is 1. The Kier molecular flexibility index (Phi) is 4.84. The van der Waals surface area contributed by atoms with E-state index in [4.69, 9.17) is 14.2 Å². The second-order valence-corrected chi connectivity index (χ2v) is 4.54. The summed E-state index contributed by atoms with van der Waals surface area (Å²) in [5.41, 5.74) is 1.12. The van der Waals surface area contributed by atoms with Crippen LogP contribution in [0.5, 0.6) is 11.5 Å². The van der Waals surface area contributed by atoms with Crippen LogP contribution in [-0.4, -0.2) is 34.0 Å². The Morgan fingerprint density at radius 2 is 2.22 bits per heavy atom. The minimum absolute atomic E-state index is 0.640. The number of methoxy groups -OCH3 is 2. The molecular weight excluding hydrogens is 230 g/mol. The third-order valence-corrected chi connectivity index (χ3v) is 3.26. The molecule has 1 aliphatic rings. The molecule has 1 heterocycles. The van der Waals surface area contributed by atoms with Crippen molar-refractivity contribution in [3.63, 3.8) is 0 Å². The lowest BCUT2D eigenvalue weighted by molar-refractivity contribution is 0.185. The standard InChI is InChI=1S/C14H21NO3/c1-16-13-3-4-14(17-2)12(7-13)9-15-8-11-5-6-18-10-11/h3-4,7,11,15H,5-6,8-10H2,1-2H3. The molecule has 1 N–H and O–H groups in total. The highest BCUT2D eigenvalue weighted by Gasteiger charge is 2.15. The van der Waals surface area contributed by atoms with Crippen LogP contribution in [-0.2, 0) is 11.3 Å². The number of ether oxygens (including phenoxy) is 3. The molecule has 1 fully saturated rings. The van der Waals surface area contributed by atoms with E-state index in [0.29, 0.717) is 5.92 Å². The van der Waals surface area contributed by atoms with Gasteiger partial charge >= 0.3 is 0 Å². The molecule has 1 unspecified atom stereocenters. The maximum atomic E-state index is 5.36. The molecule has 2 rings (SSSR count). The smallest absolute Gasteiger partial charge is 0.123 e. The highest BCUT2D eigenvalue weighted by atomic mass is 16.5. The van der Waals surface area contributed by atoms with Gasteiger partial charge in [-0.05, 0) is 30.5 Å². The lowest BCUT2D eigenvalue weighted by Crippen LogP contribution is -2.22. The van der Waals surface area contributed by atoms with Gasteiger partial charge in [-0.2, -0.15) is 0 Å². The molecule has 0 radical (unpaired) electrons. The van der Waals surface area contributed by atoms with Crippen molar-refractivity contribution >= 4 is 0 Å². The molecule has 1 saturated heterocycles. The molecule has 18 heavy (non-hydrogen) atoms. The summed E-state index contributed by atoms with van der Waals surface area (Å²) in [5.74, 6) is 2.39. The second-order valence-electron chi connectivity index (χ2n) is 4.54. The Bertz CT molecular complexity index is 375. The molecule has 1 aromatic carbocycles. The first-order valence-corrected chi connectivity index (χ1v) is 6.33. The van der Waals surface area contributed by atoms with Crippen molar-refractivity contribution in [3.8, 4) is 11.5 Å². The van der Waals surface area contributed by atoms with Gasteiger partial charge in [0.2, 0.25) is 0 Å². The summed E-state index contributed by atoms with van der Waals surface area (Å²) >= 11 is 0. The number of rotatable bonds is 6. The maximum Gasteiger partial charge on any atom is 0.123 e. The first-order valence-electron chi connectivity index (χ1n) is 6.33.